The van der Waals surface area contributed by atoms with Gasteiger partial charge in [-0.15, -0.1) is 11.3 Å². The van der Waals surface area contributed by atoms with Crippen molar-refractivity contribution in [2.24, 2.45) is 11.8 Å². The lowest BCUT2D eigenvalue weighted by Crippen LogP contribution is -2.54. The predicted octanol–water partition coefficient (Wildman–Crippen LogP) is 2.89. The third kappa shape index (κ3) is 2.31. The second-order valence-corrected chi connectivity index (χ2v) is 10.8. The van der Waals surface area contributed by atoms with Gasteiger partial charge in [-0.1, -0.05) is 18.2 Å². The van der Waals surface area contributed by atoms with Crippen LogP contribution in [0.15, 0.2) is 18.2 Å². The van der Waals surface area contributed by atoms with E-state index < -0.39 is 29.3 Å². The molecule has 2 aromatic rings. The van der Waals surface area contributed by atoms with Gasteiger partial charge < -0.3 is 10.1 Å². The summed E-state index contributed by atoms with van der Waals surface area (Å²) in [6, 6.07) is 5.53. The van der Waals surface area contributed by atoms with Crippen LogP contribution in [0.4, 0.5) is 10.7 Å². The number of para-hydroxylation sites is 1. The molecule has 8 nitrogen and oxygen atoms in total. The Bertz CT molecular complexity index is 1320. The first-order chi connectivity index (χ1) is 16.2. The summed E-state index contributed by atoms with van der Waals surface area (Å²) in [5, 5.41) is 3.33. The lowest BCUT2D eigenvalue weighted by Gasteiger charge is -2.36. The quantitative estimate of drug-likeness (QED) is 0.526. The average Bonchev–Trinajstić information content (AvgIpc) is 3.56. The van der Waals surface area contributed by atoms with Crippen molar-refractivity contribution in [2.45, 2.75) is 45.2 Å². The number of aryl methyl sites for hydroxylation is 2. The Morgan fingerprint density at radius 2 is 1.94 bits per heavy atom. The van der Waals surface area contributed by atoms with E-state index in [0.717, 1.165) is 34.5 Å². The molecule has 4 aliphatic heterocycles. The van der Waals surface area contributed by atoms with Crippen LogP contribution < -0.4 is 10.2 Å². The van der Waals surface area contributed by atoms with E-state index in [2.05, 4.69) is 10.2 Å². The molecule has 3 fully saturated rings. The molecule has 1 aromatic carbocycles. The topological polar surface area (TPSA) is 96.0 Å². The molecule has 0 unspecified atom stereocenters. The highest BCUT2D eigenvalue weighted by Crippen LogP contribution is 2.61. The van der Waals surface area contributed by atoms with Crippen LogP contribution in [0.25, 0.3) is 0 Å². The van der Waals surface area contributed by atoms with Gasteiger partial charge in [0.15, 0.2) is 0 Å². The van der Waals surface area contributed by atoms with Crippen LogP contribution in [0.1, 0.15) is 44.8 Å². The Kier molecular flexibility index (Phi) is 4.42. The summed E-state index contributed by atoms with van der Waals surface area (Å²) in [5.41, 5.74) is 2.15. The fourth-order valence-corrected chi connectivity index (χ4v) is 7.84. The number of carbonyl (C=O) groups excluding carboxylic acids is 4. The SMILES string of the molecule is COC(=O)c1c(N2C(=O)[C@@H]3[C@H]4CCCN4[C@@]4(C(=O)Nc5c(C)cccc54)[C@H]3C2=O)sc(C)c1C. The van der Waals surface area contributed by atoms with E-state index in [1.54, 1.807) is 6.92 Å². The van der Waals surface area contributed by atoms with E-state index in [1.807, 2.05) is 32.0 Å². The van der Waals surface area contributed by atoms with Crippen LogP contribution in [0.2, 0.25) is 0 Å². The zero-order valence-corrected chi connectivity index (χ0v) is 20.2. The van der Waals surface area contributed by atoms with Gasteiger partial charge in [0.25, 0.3) is 0 Å². The summed E-state index contributed by atoms with van der Waals surface area (Å²) in [5.74, 6) is -3.05. The smallest absolute Gasteiger partial charge is 0.341 e. The molecular formula is C25H25N3O5S. The molecule has 9 heteroatoms. The van der Waals surface area contributed by atoms with E-state index in [4.69, 9.17) is 4.74 Å². The van der Waals surface area contributed by atoms with E-state index in [0.29, 0.717) is 17.1 Å². The molecule has 3 amide bonds. The molecule has 6 rings (SSSR count). The van der Waals surface area contributed by atoms with Gasteiger partial charge in [0, 0.05) is 22.2 Å². The molecule has 1 N–H and O–H groups in total. The van der Waals surface area contributed by atoms with Crippen LogP contribution in [0.3, 0.4) is 0 Å². The van der Waals surface area contributed by atoms with Crippen molar-refractivity contribution in [2.75, 3.05) is 23.9 Å². The number of anilines is 2. The molecular weight excluding hydrogens is 454 g/mol. The maximum absolute atomic E-state index is 14.2. The average molecular weight is 480 g/mol. The Morgan fingerprint density at radius 1 is 1.18 bits per heavy atom. The van der Waals surface area contributed by atoms with Gasteiger partial charge in [0.2, 0.25) is 17.7 Å². The van der Waals surface area contributed by atoms with Gasteiger partial charge in [0.1, 0.15) is 10.5 Å². The number of carbonyl (C=O) groups is 4. The van der Waals surface area contributed by atoms with Gasteiger partial charge in [-0.3, -0.25) is 19.3 Å². The molecule has 0 bridgehead atoms. The Morgan fingerprint density at radius 3 is 2.68 bits per heavy atom. The zero-order chi connectivity index (χ0) is 24.1. The number of benzene rings is 1. The highest BCUT2D eigenvalue weighted by molar-refractivity contribution is 7.17. The number of methoxy groups -OCH3 is 1. The number of fused-ring (bicyclic) bond motifs is 7. The van der Waals surface area contributed by atoms with Crippen molar-refractivity contribution in [3.63, 3.8) is 0 Å². The second kappa shape index (κ2) is 6.99. The summed E-state index contributed by atoms with van der Waals surface area (Å²) in [4.78, 5) is 58.6. The van der Waals surface area contributed by atoms with Gasteiger partial charge in [0.05, 0.1) is 24.5 Å². The first-order valence-electron chi connectivity index (χ1n) is 11.5. The minimum Gasteiger partial charge on any atom is -0.465 e. The minimum absolute atomic E-state index is 0.201. The molecule has 5 heterocycles. The van der Waals surface area contributed by atoms with Crippen molar-refractivity contribution in [3.05, 3.63) is 45.3 Å². The maximum Gasteiger partial charge on any atom is 0.341 e. The van der Waals surface area contributed by atoms with Crippen molar-refractivity contribution < 1.29 is 23.9 Å². The summed E-state index contributed by atoms with van der Waals surface area (Å²) < 4.78 is 4.98. The lowest BCUT2D eigenvalue weighted by molar-refractivity contribution is -0.135. The zero-order valence-electron chi connectivity index (χ0n) is 19.4. The number of hydrogen-bond acceptors (Lipinski definition) is 7. The molecule has 0 radical (unpaired) electrons. The molecule has 4 aliphatic rings. The molecule has 34 heavy (non-hydrogen) atoms. The van der Waals surface area contributed by atoms with Gasteiger partial charge in [-0.25, -0.2) is 9.69 Å². The number of nitrogens with one attached hydrogen (secondary N) is 1. The van der Waals surface area contributed by atoms with Gasteiger partial charge in [-0.2, -0.15) is 0 Å². The molecule has 4 atom stereocenters. The third-order valence-electron chi connectivity index (χ3n) is 8.20. The Balaban J connectivity index is 1.56. The van der Waals surface area contributed by atoms with Crippen molar-refractivity contribution in [1.82, 2.24) is 4.90 Å². The fraction of sp³-hybridized carbons (Fsp3) is 0.440. The summed E-state index contributed by atoms with van der Waals surface area (Å²) in [6.45, 7) is 6.23. The minimum atomic E-state index is -1.22. The number of thiophene rings is 1. The summed E-state index contributed by atoms with van der Waals surface area (Å²) >= 11 is 1.24. The van der Waals surface area contributed by atoms with Crippen LogP contribution in [-0.4, -0.2) is 48.3 Å². The highest BCUT2D eigenvalue weighted by Gasteiger charge is 2.75. The van der Waals surface area contributed by atoms with Crippen molar-refractivity contribution in [1.29, 1.82) is 0 Å². The third-order valence-corrected chi connectivity index (χ3v) is 9.39. The first-order valence-corrected chi connectivity index (χ1v) is 12.3. The monoisotopic (exact) mass is 479 g/mol. The standard InChI is InChI=1S/C25H25N3O5S/c1-11-7-5-8-14-19(11)26-24(32)25(14)18-17(15-9-6-10-27(15)25)20(29)28(21(18)30)22-16(23(31)33-4)12(2)13(3)34-22/h5,7-8,15,17-18H,6,9-10H2,1-4H3,(H,26,32)/t15-,17-,18-,25-/m1/s1. The molecule has 3 saturated heterocycles. The normalized spacial score (nSPS) is 29.6. The Hall–Kier alpha value is -3.04. The molecule has 0 aliphatic carbocycles. The predicted molar refractivity (Wildman–Crippen MR) is 126 cm³/mol. The van der Waals surface area contributed by atoms with Crippen LogP contribution >= 0.6 is 11.3 Å². The van der Waals surface area contributed by atoms with E-state index in [-0.39, 0.29) is 23.4 Å². The number of amides is 3. The van der Waals surface area contributed by atoms with Crippen molar-refractivity contribution in [3.8, 4) is 0 Å². The Labute approximate surface area is 200 Å². The van der Waals surface area contributed by atoms with Crippen LogP contribution in [-0.2, 0) is 24.7 Å². The second-order valence-electron chi connectivity index (χ2n) is 9.59. The molecule has 0 saturated carbocycles. The van der Waals surface area contributed by atoms with Gasteiger partial charge >= 0.3 is 5.97 Å². The fourth-order valence-electron chi connectivity index (χ4n) is 6.69. The van der Waals surface area contributed by atoms with Gasteiger partial charge in [-0.05, 0) is 51.3 Å². The molecule has 1 aromatic heterocycles. The number of imide groups is 1. The first kappa shape index (κ1) is 21.5. The van der Waals surface area contributed by atoms with E-state index in [9.17, 15) is 19.2 Å². The number of nitrogens with zero attached hydrogens (tertiary/aromatic N) is 2. The van der Waals surface area contributed by atoms with E-state index in [1.165, 1.54) is 23.3 Å². The summed E-state index contributed by atoms with van der Waals surface area (Å²) in [7, 11) is 1.29. The molecule has 1 spiro atoms. The number of hydrogen-bond donors (Lipinski definition) is 1. The highest BCUT2D eigenvalue weighted by atomic mass is 32.1. The van der Waals surface area contributed by atoms with E-state index >= 15 is 0 Å². The maximum atomic E-state index is 14.2. The lowest BCUT2D eigenvalue weighted by atomic mass is 9.75. The molecule has 176 valence electrons. The number of ether oxygens (including phenoxy) is 1. The van der Waals surface area contributed by atoms with Crippen molar-refractivity contribution >= 4 is 45.7 Å². The largest absolute Gasteiger partial charge is 0.465 e. The number of esters is 1. The van der Waals surface area contributed by atoms with Crippen LogP contribution in [0.5, 0.6) is 0 Å². The summed E-state index contributed by atoms with van der Waals surface area (Å²) in [6.07, 6.45) is 1.60. The number of rotatable bonds is 2. The van der Waals surface area contributed by atoms with Crippen LogP contribution in [0, 0.1) is 32.6 Å².